The van der Waals surface area contributed by atoms with Crippen molar-refractivity contribution in [1.82, 2.24) is 0 Å². The number of carbonyl (C=O) groups excluding carboxylic acids is 2. The Kier molecular flexibility index (Phi) is 4.09. The summed E-state index contributed by atoms with van der Waals surface area (Å²) < 4.78 is 42.7. The standard InChI is InChI=1S/C9H9BrO.C9H10O/c1-7-2-4-8(5-3-7)9(11)6-10;1-7-3-5-9(6-4-7)8(2)10/h2-5H,6H2,1H3;3-6H,1-2H3/i2*1D3. The molecular weight excluding hydrogens is 328 g/mol. The van der Waals surface area contributed by atoms with Crippen molar-refractivity contribution >= 4 is 27.5 Å². The van der Waals surface area contributed by atoms with Crippen LogP contribution in [0.3, 0.4) is 0 Å². The zero-order valence-corrected chi connectivity index (χ0v) is 13.1. The maximum absolute atomic E-state index is 11.2. The molecule has 110 valence electrons. The van der Waals surface area contributed by atoms with E-state index < -0.39 is 13.7 Å². The molecule has 2 aromatic rings. The summed E-state index contributed by atoms with van der Waals surface area (Å²) in [7, 11) is 0. The number of carbonyl (C=O) groups is 2. The number of Topliss-reactive ketones (excluding diaryl/α,β-unsaturated/α-hetero) is 2. The summed E-state index contributed by atoms with van der Waals surface area (Å²) >= 11 is 3.05. The number of aryl methyl sites for hydroxylation is 2. The highest BCUT2D eigenvalue weighted by Crippen LogP contribution is 2.05. The van der Waals surface area contributed by atoms with Crippen LogP contribution in [0.15, 0.2) is 48.5 Å². The lowest BCUT2D eigenvalue weighted by atomic mass is 10.1. The summed E-state index contributed by atoms with van der Waals surface area (Å²) in [6, 6.07) is 12.0. The molecule has 0 radical (unpaired) electrons. The van der Waals surface area contributed by atoms with E-state index >= 15 is 0 Å². The molecule has 0 N–H and O–H groups in total. The predicted molar refractivity (Wildman–Crippen MR) is 90.5 cm³/mol. The molecule has 2 rings (SSSR count). The van der Waals surface area contributed by atoms with E-state index in [0.717, 1.165) is 0 Å². The summed E-state index contributed by atoms with van der Waals surface area (Å²) in [5, 5.41) is 0.250. The SMILES string of the molecule is [2H]C([2H])([2H])c1ccc(C(=O)CBr)cc1.[2H]C([2H])([2H])c1ccc(C(C)=O)cc1. The molecule has 0 aliphatic heterocycles. The fourth-order valence-corrected chi connectivity index (χ4v) is 1.76. The number of hydrogen-bond donors (Lipinski definition) is 0. The van der Waals surface area contributed by atoms with Crippen LogP contribution in [0, 0.1) is 13.7 Å². The Morgan fingerprint density at radius 3 is 1.67 bits per heavy atom. The van der Waals surface area contributed by atoms with Gasteiger partial charge >= 0.3 is 0 Å². The van der Waals surface area contributed by atoms with Crippen LogP contribution in [0.2, 0.25) is 0 Å². The van der Waals surface area contributed by atoms with Gasteiger partial charge in [-0.1, -0.05) is 75.6 Å². The van der Waals surface area contributed by atoms with E-state index in [1.165, 1.54) is 55.5 Å². The lowest BCUT2D eigenvalue weighted by Gasteiger charge is -1.96. The van der Waals surface area contributed by atoms with E-state index in [-0.39, 0.29) is 28.0 Å². The quantitative estimate of drug-likeness (QED) is 0.588. The number of alkyl halides is 1. The van der Waals surface area contributed by atoms with E-state index in [9.17, 15) is 9.59 Å². The van der Waals surface area contributed by atoms with Gasteiger partial charge in [0, 0.05) is 19.4 Å². The number of benzene rings is 2. The van der Waals surface area contributed by atoms with E-state index in [1.807, 2.05) is 0 Å². The molecule has 0 saturated carbocycles. The Balaban J connectivity index is 0.000000271. The average molecular weight is 353 g/mol. The van der Waals surface area contributed by atoms with E-state index in [1.54, 1.807) is 0 Å². The molecule has 21 heavy (non-hydrogen) atoms. The Morgan fingerprint density at radius 1 is 0.905 bits per heavy atom. The van der Waals surface area contributed by atoms with Gasteiger partial charge in [0.25, 0.3) is 0 Å². The minimum absolute atomic E-state index is 0.0536. The molecular formula is C18H19BrO2. The van der Waals surface area contributed by atoms with Gasteiger partial charge in [-0.3, -0.25) is 9.59 Å². The van der Waals surface area contributed by atoms with Crippen LogP contribution in [0.5, 0.6) is 0 Å². The normalized spacial score (nSPS) is 15.0. The first-order chi connectivity index (χ1) is 12.4. The van der Waals surface area contributed by atoms with Gasteiger partial charge in [0.2, 0.25) is 0 Å². The summed E-state index contributed by atoms with van der Waals surface area (Å²) in [5.74, 6) is -0.112. The molecule has 0 heterocycles. The summed E-state index contributed by atoms with van der Waals surface area (Å²) in [5.41, 5.74) is 1.57. The molecule has 2 nitrogen and oxygen atoms in total. The van der Waals surface area contributed by atoms with Crippen molar-refractivity contribution in [2.24, 2.45) is 0 Å². The molecule has 0 amide bonds. The number of ketones is 2. The van der Waals surface area contributed by atoms with Gasteiger partial charge in [-0.05, 0) is 20.6 Å². The third-order valence-electron chi connectivity index (χ3n) is 2.62. The second-order valence-electron chi connectivity index (χ2n) is 4.27. The smallest absolute Gasteiger partial charge is 0.173 e. The van der Waals surface area contributed by atoms with Gasteiger partial charge in [0.05, 0.1) is 5.33 Å². The summed E-state index contributed by atoms with van der Waals surface area (Å²) in [6.07, 6.45) is 0. The highest BCUT2D eigenvalue weighted by atomic mass is 79.9. The van der Waals surface area contributed by atoms with Crippen molar-refractivity contribution in [3.05, 3.63) is 70.8 Å². The topological polar surface area (TPSA) is 34.1 Å². The summed E-state index contributed by atoms with van der Waals surface area (Å²) in [6.45, 7) is -2.74. The fourth-order valence-electron chi connectivity index (χ4n) is 1.44. The molecule has 0 aromatic heterocycles. The Morgan fingerprint density at radius 2 is 1.33 bits per heavy atom. The first-order valence-electron chi connectivity index (χ1n) is 9.17. The van der Waals surface area contributed by atoms with E-state index in [0.29, 0.717) is 11.1 Å². The molecule has 2 aromatic carbocycles. The van der Waals surface area contributed by atoms with Gasteiger partial charge in [0.1, 0.15) is 0 Å². The molecule has 0 spiro atoms. The first kappa shape index (κ1) is 10.1. The van der Waals surface area contributed by atoms with Gasteiger partial charge in [-0.15, -0.1) is 0 Å². The highest BCUT2D eigenvalue weighted by Gasteiger charge is 2.01. The first-order valence-corrected chi connectivity index (χ1v) is 7.29. The monoisotopic (exact) mass is 352 g/mol. The third-order valence-corrected chi connectivity index (χ3v) is 3.13. The van der Waals surface area contributed by atoms with Gasteiger partial charge in [-0.2, -0.15) is 0 Å². The van der Waals surface area contributed by atoms with Gasteiger partial charge < -0.3 is 0 Å². The Labute approximate surface area is 142 Å². The zero-order chi connectivity index (χ0) is 20.8. The van der Waals surface area contributed by atoms with Crippen LogP contribution in [0.1, 0.15) is 47.0 Å². The predicted octanol–water partition coefficient (Wildman–Crippen LogP) is 4.77. The van der Waals surface area contributed by atoms with Crippen molar-refractivity contribution in [3.63, 3.8) is 0 Å². The molecule has 0 saturated heterocycles. The van der Waals surface area contributed by atoms with Crippen molar-refractivity contribution < 1.29 is 17.8 Å². The molecule has 0 bridgehead atoms. The maximum Gasteiger partial charge on any atom is 0.173 e. The van der Waals surface area contributed by atoms with Crippen LogP contribution in [0.4, 0.5) is 0 Å². The fraction of sp³-hybridized carbons (Fsp3) is 0.222. The van der Waals surface area contributed by atoms with Crippen LogP contribution in [-0.2, 0) is 0 Å². The minimum Gasteiger partial charge on any atom is -0.295 e. The van der Waals surface area contributed by atoms with Crippen molar-refractivity contribution in [1.29, 1.82) is 0 Å². The molecule has 0 unspecified atom stereocenters. The second kappa shape index (κ2) is 8.53. The molecule has 3 heteroatoms. The number of halogens is 1. The van der Waals surface area contributed by atoms with Crippen molar-refractivity contribution in [2.75, 3.05) is 5.33 Å². The van der Waals surface area contributed by atoms with Crippen LogP contribution in [-0.4, -0.2) is 16.9 Å². The molecule has 0 atom stereocenters. The minimum atomic E-state index is -2.10. The zero-order valence-electron chi connectivity index (χ0n) is 17.5. The van der Waals surface area contributed by atoms with E-state index in [4.69, 9.17) is 8.22 Å². The van der Waals surface area contributed by atoms with Gasteiger partial charge in [-0.25, -0.2) is 0 Å². The highest BCUT2D eigenvalue weighted by molar-refractivity contribution is 9.09. The van der Waals surface area contributed by atoms with Crippen LogP contribution >= 0.6 is 15.9 Å². The lowest BCUT2D eigenvalue weighted by molar-refractivity contribution is 0.101. The molecule has 0 aliphatic rings. The number of rotatable bonds is 3. The Bertz CT molecular complexity index is 777. The molecule has 0 aliphatic carbocycles. The number of hydrogen-bond acceptors (Lipinski definition) is 2. The van der Waals surface area contributed by atoms with Crippen LogP contribution < -0.4 is 0 Å². The lowest BCUT2D eigenvalue weighted by Crippen LogP contribution is -1.98. The van der Waals surface area contributed by atoms with Gasteiger partial charge in [0.15, 0.2) is 11.6 Å². The Hall–Kier alpha value is -1.74. The maximum atomic E-state index is 11.2. The second-order valence-corrected chi connectivity index (χ2v) is 4.83. The van der Waals surface area contributed by atoms with E-state index in [2.05, 4.69) is 15.9 Å². The third kappa shape index (κ3) is 6.05. The summed E-state index contributed by atoms with van der Waals surface area (Å²) in [4.78, 5) is 22.1. The van der Waals surface area contributed by atoms with Crippen molar-refractivity contribution in [2.45, 2.75) is 20.6 Å². The molecule has 0 fully saturated rings. The largest absolute Gasteiger partial charge is 0.295 e. The van der Waals surface area contributed by atoms with Crippen LogP contribution in [0.25, 0.3) is 0 Å². The van der Waals surface area contributed by atoms with Crippen molar-refractivity contribution in [3.8, 4) is 0 Å². The average Bonchev–Trinajstić information content (AvgIpc) is 2.60.